The summed E-state index contributed by atoms with van der Waals surface area (Å²) >= 11 is 0. The van der Waals surface area contributed by atoms with Crippen molar-refractivity contribution in [2.45, 2.75) is 37.6 Å². The number of fused-ring (bicyclic) bond motifs is 1. The SMILES string of the molecule is O=c1[nH]nc(C2CC3(CC(Nc4ncc(-c5ccccc5)o4)C3)C2)c2ccccc12. The van der Waals surface area contributed by atoms with Crippen molar-refractivity contribution < 1.29 is 4.42 Å². The van der Waals surface area contributed by atoms with Crippen LogP contribution in [0.4, 0.5) is 6.01 Å². The van der Waals surface area contributed by atoms with Crippen LogP contribution in [0.2, 0.25) is 0 Å². The summed E-state index contributed by atoms with van der Waals surface area (Å²) in [4.78, 5) is 16.4. The standard InChI is InChI=1S/C24H22N4O2/c29-22-19-9-5-4-8-18(19)21(27-28-22)16-10-24(11-16)12-17(13-24)26-23-25-14-20(30-23)15-6-2-1-3-7-15/h1-9,14,16-17H,10-13H2,(H,25,26)(H,28,29). The zero-order valence-corrected chi connectivity index (χ0v) is 16.5. The second-order valence-corrected chi connectivity index (χ2v) is 8.73. The monoisotopic (exact) mass is 398 g/mol. The minimum absolute atomic E-state index is 0.114. The van der Waals surface area contributed by atoms with Gasteiger partial charge in [-0.3, -0.25) is 4.79 Å². The number of nitrogens with zero attached hydrogens (tertiary/aromatic N) is 2. The average molecular weight is 398 g/mol. The average Bonchev–Trinajstić information content (AvgIpc) is 3.19. The summed E-state index contributed by atoms with van der Waals surface area (Å²) in [7, 11) is 0. The molecule has 2 aliphatic carbocycles. The molecule has 0 amide bonds. The van der Waals surface area contributed by atoms with E-state index in [1.807, 2.05) is 54.6 Å². The van der Waals surface area contributed by atoms with E-state index in [-0.39, 0.29) is 5.56 Å². The number of hydrogen-bond acceptors (Lipinski definition) is 5. The van der Waals surface area contributed by atoms with E-state index in [1.54, 1.807) is 6.20 Å². The van der Waals surface area contributed by atoms with Crippen molar-refractivity contribution >= 4 is 16.8 Å². The molecule has 2 aliphatic rings. The Kier molecular flexibility index (Phi) is 3.81. The molecule has 4 aromatic rings. The van der Waals surface area contributed by atoms with Crippen molar-refractivity contribution in [1.82, 2.24) is 15.2 Å². The summed E-state index contributed by atoms with van der Waals surface area (Å²) in [5.74, 6) is 1.20. The molecule has 6 nitrogen and oxygen atoms in total. The van der Waals surface area contributed by atoms with Gasteiger partial charge in [-0.1, -0.05) is 48.5 Å². The summed E-state index contributed by atoms with van der Waals surface area (Å²) in [5, 5.41) is 12.2. The predicted molar refractivity (Wildman–Crippen MR) is 115 cm³/mol. The van der Waals surface area contributed by atoms with E-state index in [2.05, 4.69) is 20.5 Å². The zero-order chi connectivity index (χ0) is 20.1. The van der Waals surface area contributed by atoms with Crippen LogP contribution in [0.1, 0.15) is 37.3 Å². The zero-order valence-electron chi connectivity index (χ0n) is 16.5. The Hall–Kier alpha value is -3.41. The van der Waals surface area contributed by atoms with Gasteiger partial charge < -0.3 is 9.73 Å². The van der Waals surface area contributed by atoms with Gasteiger partial charge in [-0.25, -0.2) is 10.1 Å². The van der Waals surface area contributed by atoms with Crippen LogP contribution in [0.5, 0.6) is 0 Å². The largest absolute Gasteiger partial charge is 0.424 e. The molecule has 0 radical (unpaired) electrons. The van der Waals surface area contributed by atoms with Crippen molar-refractivity contribution in [2.24, 2.45) is 5.41 Å². The molecule has 0 aliphatic heterocycles. The number of aromatic amines is 1. The fourth-order valence-electron chi connectivity index (χ4n) is 5.30. The normalized spacial score (nSPS) is 25.1. The first-order chi connectivity index (χ1) is 14.7. The van der Waals surface area contributed by atoms with E-state index < -0.39 is 0 Å². The number of rotatable bonds is 4. The van der Waals surface area contributed by atoms with E-state index in [0.717, 1.165) is 53.5 Å². The quantitative estimate of drug-likeness (QED) is 0.520. The predicted octanol–water partition coefficient (Wildman–Crippen LogP) is 4.72. The maximum Gasteiger partial charge on any atom is 0.295 e. The summed E-state index contributed by atoms with van der Waals surface area (Å²) in [6.07, 6.45) is 6.25. The van der Waals surface area contributed by atoms with Gasteiger partial charge in [0.05, 0.1) is 17.3 Å². The van der Waals surface area contributed by atoms with Gasteiger partial charge >= 0.3 is 0 Å². The van der Waals surface area contributed by atoms with Gasteiger partial charge in [-0.05, 0) is 37.2 Å². The third-order valence-corrected chi connectivity index (χ3v) is 6.72. The number of aromatic nitrogens is 3. The second kappa shape index (κ2) is 6.55. The Morgan fingerprint density at radius 1 is 0.967 bits per heavy atom. The topological polar surface area (TPSA) is 83.8 Å². The molecule has 0 saturated heterocycles. The van der Waals surface area contributed by atoms with Crippen LogP contribution >= 0.6 is 0 Å². The van der Waals surface area contributed by atoms with Gasteiger partial charge in [0.1, 0.15) is 0 Å². The minimum Gasteiger partial charge on any atom is -0.424 e. The molecule has 0 unspecified atom stereocenters. The van der Waals surface area contributed by atoms with Gasteiger partial charge in [0, 0.05) is 22.9 Å². The fourth-order valence-corrected chi connectivity index (χ4v) is 5.30. The molecule has 0 bridgehead atoms. The van der Waals surface area contributed by atoms with Crippen LogP contribution in [-0.2, 0) is 0 Å². The number of nitrogens with one attached hydrogen (secondary N) is 2. The molecule has 30 heavy (non-hydrogen) atoms. The van der Waals surface area contributed by atoms with Gasteiger partial charge in [0.15, 0.2) is 5.76 Å². The van der Waals surface area contributed by atoms with Crippen LogP contribution < -0.4 is 10.9 Å². The van der Waals surface area contributed by atoms with Gasteiger partial charge in [0.25, 0.3) is 11.6 Å². The van der Waals surface area contributed by atoms with E-state index >= 15 is 0 Å². The Balaban J connectivity index is 1.10. The number of H-pyrrole nitrogens is 1. The maximum absolute atomic E-state index is 12.0. The molecule has 6 rings (SSSR count). The third-order valence-electron chi connectivity index (χ3n) is 6.72. The molecular weight excluding hydrogens is 376 g/mol. The van der Waals surface area contributed by atoms with E-state index in [9.17, 15) is 4.79 Å². The van der Waals surface area contributed by atoms with Crippen molar-refractivity contribution in [3.05, 3.63) is 76.8 Å². The highest BCUT2D eigenvalue weighted by molar-refractivity contribution is 5.84. The Morgan fingerprint density at radius 3 is 2.50 bits per heavy atom. The van der Waals surface area contributed by atoms with Crippen molar-refractivity contribution in [2.75, 3.05) is 5.32 Å². The molecule has 2 aromatic carbocycles. The molecule has 1 spiro atoms. The summed E-state index contributed by atoms with van der Waals surface area (Å²) in [6.45, 7) is 0. The van der Waals surface area contributed by atoms with Crippen molar-refractivity contribution in [1.29, 1.82) is 0 Å². The van der Waals surface area contributed by atoms with Crippen LogP contribution in [0.15, 0.2) is 70.0 Å². The van der Waals surface area contributed by atoms with E-state index in [4.69, 9.17) is 4.42 Å². The van der Waals surface area contributed by atoms with Crippen LogP contribution in [-0.4, -0.2) is 21.2 Å². The van der Waals surface area contributed by atoms with Crippen LogP contribution in [0.25, 0.3) is 22.1 Å². The Morgan fingerprint density at radius 2 is 1.70 bits per heavy atom. The molecule has 6 heteroatoms. The highest BCUT2D eigenvalue weighted by Crippen LogP contribution is 2.62. The summed E-state index contributed by atoms with van der Waals surface area (Å²) < 4.78 is 5.88. The third kappa shape index (κ3) is 2.83. The number of oxazole rings is 1. The van der Waals surface area contributed by atoms with E-state index in [0.29, 0.717) is 23.4 Å². The molecule has 150 valence electrons. The van der Waals surface area contributed by atoms with Crippen molar-refractivity contribution in [3.63, 3.8) is 0 Å². The lowest BCUT2D eigenvalue weighted by Gasteiger charge is -2.57. The van der Waals surface area contributed by atoms with Crippen LogP contribution in [0.3, 0.4) is 0 Å². The maximum atomic E-state index is 12.0. The fraction of sp³-hybridized carbons (Fsp3) is 0.292. The second-order valence-electron chi connectivity index (χ2n) is 8.73. The number of anilines is 1. The summed E-state index contributed by atoms with van der Waals surface area (Å²) in [5.41, 5.74) is 2.34. The van der Waals surface area contributed by atoms with Gasteiger partial charge in [-0.15, -0.1) is 0 Å². The highest BCUT2D eigenvalue weighted by Gasteiger charge is 2.54. The van der Waals surface area contributed by atoms with Gasteiger partial charge in [0.2, 0.25) is 0 Å². The smallest absolute Gasteiger partial charge is 0.295 e. The Labute approximate surface area is 173 Å². The minimum atomic E-state index is -0.114. The van der Waals surface area contributed by atoms with Crippen molar-refractivity contribution in [3.8, 4) is 11.3 Å². The lowest BCUT2D eigenvalue weighted by atomic mass is 9.49. The molecule has 2 aromatic heterocycles. The molecule has 2 N–H and O–H groups in total. The highest BCUT2D eigenvalue weighted by atomic mass is 16.4. The van der Waals surface area contributed by atoms with E-state index in [1.165, 1.54) is 0 Å². The molecule has 2 fully saturated rings. The molecule has 2 saturated carbocycles. The Bertz CT molecular complexity index is 1260. The number of benzene rings is 2. The first-order valence-electron chi connectivity index (χ1n) is 10.4. The van der Waals surface area contributed by atoms with Crippen LogP contribution in [0, 0.1) is 5.41 Å². The number of hydrogen-bond donors (Lipinski definition) is 2. The summed E-state index contributed by atoms with van der Waals surface area (Å²) in [6, 6.07) is 18.8. The molecule has 0 atom stereocenters. The lowest BCUT2D eigenvalue weighted by molar-refractivity contribution is -0.00348. The van der Waals surface area contributed by atoms with Gasteiger partial charge in [-0.2, -0.15) is 5.10 Å². The first-order valence-corrected chi connectivity index (χ1v) is 10.4. The lowest BCUT2D eigenvalue weighted by Crippen LogP contribution is -2.52. The molecular formula is C24H22N4O2. The molecule has 2 heterocycles. The first kappa shape index (κ1) is 17.4.